The Balaban J connectivity index is 2.55. The first-order valence-electron chi connectivity index (χ1n) is 4.82. The molecule has 3 heteroatoms. The molecule has 0 saturated heterocycles. The van der Waals surface area contributed by atoms with Crippen LogP contribution in [0.1, 0.15) is 18.1 Å². The topological polar surface area (TPSA) is 38.0 Å². The molecule has 0 aliphatic heterocycles. The molecule has 1 aromatic rings. The van der Waals surface area contributed by atoms with Crippen LogP contribution in [-0.2, 0) is 6.54 Å². The fraction of sp³-hybridized carbons (Fsp3) is 0.455. The summed E-state index contributed by atoms with van der Waals surface area (Å²) in [4.78, 5) is 0. The molecular formula is C11H17FN2. The fourth-order valence-electron chi connectivity index (χ4n) is 1.19. The zero-order valence-electron chi connectivity index (χ0n) is 8.68. The van der Waals surface area contributed by atoms with E-state index in [4.69, 9.17) is 5.73 Å². The van der Waals surface area contributed by atoms with Crippen molar-refractivity contribution in [1.82, 2.24) is 5.32 Å². The lowest BCUT2D eigenvalue weighted by molar-refractivity contribution is 0.554. The first-order valence-corrected chi connectivity index (χ1v) is 4.82. The number of aryl methyl sites for hydroxylation is 1. The highest BCUT2D eigenvalue weighted by Crippen LogP contribution is 2.08. The number of halogens is 1. The number of nitrogens with two attached hydrogens (primary N) is 1. The van der Waals surface area contributed by atoms with Gasteiger partial charge in [0, 0.05) is 19.1 Å². The molecule has 1 unspecified atom stereocenters. The zero-order chi connectivity index (χ0) is 10.6. The molecule has 0 aliphatic rings. The average molecular weight is 196 g/mol. The van der Waals surface area contributed by atoms with Crippen LogP contribution in [-0.4, -0.2) is 12.6 Å². The quantitative estimate of drug-likeness (QED) is 0.767. The van der Waals surface area contributed by atoms with E-state index >= 15 is 0 Å². The summed E-state index contributed by atoms with van der Waals surface area (Å²) in [5, 5.41) is 3.25. The number of rotatable bonds is 4. The smallest absolute Gasteiger partial charge is 0.126 e. The van der Waals surface area contributed by atoms with E-state index in [2.05, 4.69) is 5.32 Å². The summed E-state index contributed by atoms with van der Waals surface area (Å²) in [6.07, 6.45) is 0. The van der Waals surface area contributed by atoms with Gasteiger partial charge in [0.1, 0.15) is 5.82 Å². The van der Waals surface area contributed by atoms with Crippen molar-refractivity contribution in [2.45, 2.75) is 26.4 Å². The highest BCUT2D eigenvalue weighted by atomic mass is 19.1. The lowest BCUT2D eigenvalue weighted by atomic mass is 10.1. The van der Waals surface area contributed by atoms with Crippen LogP contribution in [0.5, 0.6) is 0 Å². The molecule has 14 heavy (non-hydrogen) atoms. The van der Waals surface area contributed by atoms with Crippen molar-refractivity contribution in [2.75, 3.05) is 6.54 Å². The maximum Gasteiger partial charge on any atom is 0.126 e. The second-order valence-electron chi connectivity index (χ2n) is 3.60. The summed E-state index contributed by atoms with van der Waals surface area (Å²) in [7, 11) is 0. The number of hydrogen-bond acceptors (Lipinski definition) is 2. The van der Waals surface area contributed by atoms with E-state index in [1.165, 1.54) is 6.07 Å². The third kappa shape index (κ3) is 3.09. The average Bonchev–Trinajstić information content (AvgIpc) is 2.19. The van der Waals surface area contributed by atoms with Crippen LogP contribution in [0, 0.1) is 12.7 Å². The number of hydrogen-bond donors (Lipinski definition) is 2. The van der Waals surface area contributed by atoms with E-state index in [0.717, 1.165) is 12.1 Å². The molecule has 1 atom stereocenters. The highest BCUT2D eigenvalue weighted by Gasteiger charge is 2.01. The summed E-state index contributed by atoms with van der Waals surface area (Å²) >= 11 is 0. The summed E-state index contributed by atoms with van der Waals surface area (Å²) < 4.78 is 12.9. The third-order valence-electron chi connectivity index (χ3n) is 2.23. The second kappa shape index (κ2) is 5.08. The molecule has 0 bridgehead atoms. The standard InChI is InChI=1S/C11H17FN2/c1-8-5-10(3-4-11(8)12)7-14-9(2)6-13/h3-5,9,14H,6-7,13H2,1-2H3. The van der Waals surface area contributed by atoms with Gasteiger partial charge in [-0.1, -0.05) is 12.1 Å². The Morgan fingerprint density at radius 1 is 1.50 bits per heavy atom. The van der Waals surface area contributed by atoms with E-state index in [1.54, 1.807) is 13.0 Å². The summed E-state index contributed by atoms with van der Waals surface area (Å²) in [6, 6.07) is 5.43. The number of nitrogens with one attached hydrogen (secondary N) is 1. The van der Waals surface area contributed by atoms with Gasteiger partial charge in [-0.25, -0.2) is 4.39 Å². The van der Waals surface area contributed by atoms with E-state index < -0.39 is 0 Å². The van der Waals surface area contributed by atoms with Crippen molar-refractivity contribution in [3.05, 3.63) is 35.1 Å². The summed E-state index contributed by atoms with van der Waals surface area (Å²) in [6.45, 7) is 5.14. The molecule has 1 rings (SSSR count). The van der Waals surface area contributed by atoms with Crippen LogP contribution in [0.3, 0.4) is 0 Å². The van der Waals surface area contributed by atoms with E-state index in [9.17, 15) is 4.39 Å². The molecule has 0 heterocycles. The predicted octanol–water partition coefficient (Wildman–Crippen LogP) is 1.57. The van der Waals surface area contributed by atoms with Gasteiger partial charge in [0.2, 0.25) is 0 Å². The molecule has 0 amide bonds. The van der Waals surface area contributed by atoms with E-state index in [1.807, 2.05) is 13.0 Å². The minimum atomic E-state index is -0.152. The maximum absolute atomic E-state index is 12.9. The van der Waals surface area contributed by atoms with Gasteiger partial charge in [0.15, 0.2) is 0 Å². The molecule has 78 valence electrons. The Morgan fingerprint density at radius 2 is 2.21 bits per heavy atom. The maximum atomic E-state index is 12.9. The Morgan fingerprint density at radius 3 is 2.79 bits per heavy atom. The van der Waals surface area contributed by atoms with Crippen LogP contribution in [0.15, 0.2) is 18.2 Å². The summed E-state index contributed by atoms with van der Waals surface area (Å²) in [5.41, 5.74) is 7.24. The largest absolute Gasteiger partial charge is 0.329 e. The fourth-order valence-corrected chi connectivity index (χ4v) is 1.19. The number of benzene rings is 1. The lowest BCUT2D eigenvalue weighted by Gasteiger charge is -2.11. The Hall–Kier alpha value is -0.930. The Labute approximate surface area is 84.3 Å². The molecule has 0 spiro atoms. The molecule has 0 aromatic heterocycles. The zero-order valence-corrected chi connectivity index (χ0v) is 8.68. The van der Waals surface area contributed by atoms with Gasteiger partial charge < -0.3 is 11.1 Å². The van der Waals surface area contributed by atoms with Crippen LogP contribution in [0.4, 0.5) is 4.39 Å². The monoisotopic (exact) mass is 196 g/mol. The highest BCUT2D eigenvalue weighted by molar-refractivity contribution is 5.23. The van der Waals surface area contributed by atoms with Crippen molar-refractivity contribution in [1.29, 1.82) is 0 Å². The normalized spacial score (nSPS) is 12.9. The molecule has 1 aromatic carbocycles. The van der Waals surface area contributed by atoms with Crippen molar-refractivity contribution >= 4 is 0 Å². The van der Waals surface area contributed by atoms with Gasteiger partial charge in [-0.05, 0) is 31.0 Å². The molecule has 2 nitrogen and oxygen atoms in total. The molecular weight excluding hydrogens is 179 g/mol. The first kappa shape index (κ1) is 11.1. The Bertz CT molecular complexity index is 299. The lowest BCUT2D eigenvalue weighted by Crippen LogP contribution is -2.32. The predicted molar refractivity (Wildman–Crippen MR) is 56.5 cm³/mol. The molecule has 3 N–H and O–H groups in total. The molecule has 0 saturated carbocycles. The molecule has 0 radical (unpaired) electrons. The Kier molecular flexibility index (Phi) is 4.04. The van der Waals surface area contributed by atoms with Gasteiger partial charge in [-0.3, -0.25) is 0 Å². The SMILES string of the molecule is Cc1cc(CNC(C)CN)ccc1F. The van der Waals surface area contributed by atoms with Gasteiger partial charge in [-0.15, -0.1) is 0 Å². The summed E-state index contributed by atoms with van der Waals surface area (Å²) in [5.74, 6) is -0.152. The van der Waals surface area contributed by atoms with Crippen LogP contribution in [0.25, 0.3) is 0 Å². The van der Waals surface area contributed by atoms with Crippen LogP contribution >= 0.6 is 0 Å². The van der Waals surface area contributed by atoms with Crippen LogP contribution < -0.4 is 11.1 Å². The van der Waals surface area contributed by atoms with Crippen molar-refractivity contribution < 1.29 is 4.39 Å². The first-order chi connectivity index (χ1) is 6.63. The van der Waals surface area contributed by atoms with E-state index in [-0.39, 0.29) is 5.82 Å². The molecule has 0 aliphatic carbocycles. The van der Waals surface area contributed by atoms with Gasteiger partial charge >= 0.3 is 0 Å². The van der Waals surface area contributed by atoms with Gasteiger partial charge in [0.05, 0.1) is 0 Å². The van der Waals surface area contributed by atoms with Crippen molar-refractivity contribution in [3.8, 4) is 0 Å². The van der Waals surface area contributed by atoms with E-state index in [0.29, 0.717) is 18.2 Å². The van der Waals surface area contributed by atoms with Crippen molar-refractivity contribution in [3.63, 3.8) is 0 Å². The molecule has 0 fully saturated rings. The van der Waals surface area contributed by atoms with Crippen molar-refractivity contribution in [2.24, 2.45) is 5.73 Å². The second-order valence-corrected chi connectivity index (χ2v) is 3.60. The minimum Gasteiger partial charge on any atom is -0.329 e. The third-order valence-corrected chi connectivity index (χ3v) is 2.23. The van der Waals surface area contributed by atoms with Gasteiger partial charge in [0.25, 0.3) is 0 Å². The minimum absolute atomic E-state index is 0.152. The van der Waals surface area contributed by atoms with Crippen LogP contribution in [0.2, 0.25) is 0 Å². The van der Waals surface area contributed by atoms with Gasteiger partial charge in [-0.2, -0.15) is 0 Å².